The second kappa shape index (κ2) is 11.8. The number of rotatable bonds is 10. The highest BCUT2D eigenvalue weighted by Gasteiger charge is 2.25. The van der Waals surface area contributed by atoms with Gasteiger partial charge in [-0.15, -0.1) is 0 Å². The van der Waals surface area contributed by atoms with Crippen LogP contribution in [-0.2, 0) is 27.3 Å². The van der Waals surface area contributed by atoms with Gasteiger partial charge in [0, 0.05) is 6.42 Å². The minimum atomic E-state index is -1.13. The average molecular weight is 443 g/mol. The zero-order chi connectivity index (χ0) is 23.5. The molecule has 32 heavy (non-hydrogen) atoms. The lowest BCUT2D eigenvalue weighted by Crippen LogP contribution is -2.43. The largest absolute Gasteiger partial charge is 0.493 e. The Kier molecular flexibility index (Phi) is 8.79. The van der Waals surface area contributed by atoms with Crippen molar-refractivity contribution in [2.45, 2.75) is 19.1 Å². The molecule has 0 aliphatic carbocycles. The standard InChI is InChI=1S/C21H21N3O8/c1-29-18-11-15(17(24(27)28)12-19(18)30-2)13-32-21(26)23-16(20(25)31-9-8-22)10-14-6-4-3-5-7-14/h3-7,11-12,16H,9-10,13H2,1-2H3,(H,23,26)/t16-/m1/s1. The van der Waals surface area contributed by atoms with Crippen molar-refractivity contribution in [2.75, 3.05) is 20.8 Å². The van der Waals surface area contributed by atoms with Crippen LogP contribution in [0.4, 0.5) is 10.5 Å². The van der Waals surface area contributed by atoms with E-state index in [1.54, 1.807) is 36.4 Å². The maximum Gasteiger partial charge on any atom is 0.408 e. The smallest absolute Gasteiger partial charge is 0.408 e. The number of hydrogen-bond donors (Lipinski definition) is 1. The minimum Gasteiger partial charge on any atom is -0.493 e. The summed E-state index contributed by atoms with van der Waals surface area (Å²) in [5, 5.41) is 22.4. The number of nitriles is 1. The van der Waals surface area contributed by atoms with Gasteiger partial charge in [0.1, 0.15) is 18.7 Å². The molecule has 0 aromatic heterocycles. The first-order valence-corrected chi connectivity index (χ1v) is 9.29. The van der Waals surface area contributed by atoms with Crippen LogP contribution in [0.15, 0.2) is 42.5 Å². The second-order valence-corrected chi connectivity index (χ2v) is 6.32. The Balaban J connectivity index is 2.13. The molecular formula is C21H21N3O8. The van der Waals surface area contributed by atoms with E-state index >= 15 is 0 Å². The van der Waals surface area contributed by atoms with Crippen LogP contribution in [0.1, 0.15) is 11.1 Å². The van der Waals surface area contributed by atoms with E-state index in [4.69, 9.17) is 24.2 Å². The van der Waals surface area contributed by atoms with Gasteiger partial charge >= 0.3 is 12.1 Å². The highest BCUT2D eigenvalue weighted by atomic mass is 16.6. The number of amides is 1. The van der Waals surface area contributed by atoms with Crippen molar-refractivity contribution in [2.24, 2.45) is 0 Å². The molecule has 1 N–H and O–H groups in total. The SMILES string of the molecule is COc1cc(COC(=O)N[C@H](Cc2ccccc2)C(=O)OCC#N)c([N+](=O)[O-])cc1OC. The van der Waals surface area contributed by atoms with Crippen molar-refractivity contribution in [1.82, 2.24) is 5.32 Å². The summed E-state index contributed by atoms with van der Waals surface area (Å²) in [6.07, 6.45) is -0.902. The Morgan fingerprint density at radius 2 is 1.78 bits per heavy atom. The van der Waals surface area contributed by atoms with Gasteiger partial charge in [-0.1, -0.05) is 30.3 Å². The highest BCUT2D eigenvalue weighted by molar-refractivity contribution is 5.81. The fraction of sp³-hybridized carbons (Fsp3) is 0.286. The van der Waals surface area contributed by atoms with Gasteiger partial charge in [-0.3, -0.25) is 10.1 Å². The predicted molar refractivity (Wildman–Crippen MR) is 110 cm³/mol. The Hall–Kier alpha value is -4.33. The van der Waals surface area contributed by atoms with Crippen LogP contribution < -0.4 is 14.8 Å². The number of alkyl carbamates (subject to hydrolysis) is 1. The minimum absolute atomic E-state index is 0.0643. The molecule has 0 heterocycles. The molecule has 168 valence electrons. The van der Waals surface area contributed by atoms with Crippen LogP contribution in [0.3, 0.4) is 0 Å². The third kappa shape index (κ3) is 6.60. The van der Waals surface area contributed by atoms with Crippen molar-refractivity contribution in [3.8, 4) is 17.6 Å². The van der Waals surface area contributed by atoms with E-state index in [-0.39, 0.29) is 29.2 Å². The van der Waals surface area contributed by atoms with Gasteiger partial charge < -0.3 is 24.3 Å². The second-order valence-electron chi connectivity index (χ2n) is 6.32. The molecule has 2 aromatic rings. The molecule has 0 aliphatic rings. The number of nitrogens with zero attached hydrogens (tertiary/aromatic N) is 2. The lowest BCUT2D eigenvalue weighted by Gasteiger charge is -2.17. The summed E-state index contributed by atoms with van der Waals surface area (Å²) >= 11 is 0. The molecule has 11 heteroatoms. The van der Waals surface area contributed by atoms with Crippen molar-refractivity contribution >= 4 is 17.7 Å². The summed E-state index contributed by atoms with van der Waals surface area (Å²) in [5.41, 5.74) is 0.474. The van der Waals surface area contributed by atoms with E-state index in [0.717, 1.165) is 11.6 Å². The average Bonchev–Trinajstić information content (AvgIpc) is 2.80. The Bertz CT molecular complexity index is 1000. The number of methoxy groups -OCH3 is 2. The molecule has 1 atom stereocenters. The number of ether oxygens (including phenoxy) is 4. The molecule has 1 amide bonds. The van der Waals surface area contributed by atoms with Crippen LogP contribution in [0, 0.1) is 21.4 Å². The number of benzene rings is 2. The van der Waals surface area contributed by atoms with Crippen molar-refractivity contribution in [1.29, 1.82) is 5.26 Å². The van der Waals surface area contributed by atoms with Crippen LogP contribution in [0.25, 0.3) is 0 Å². The van der Waals surface area contributed by atoms with Gasteiger partial charge in [0.25, 0.3) is 5.69 Å². The fourth-order valence-corrected chi connectivity index (χ4v) is 2.77. The summed E-state index contributed by atoms with van der Waals surface area (Å²) in [7, 11) is 2.70. The number of esters is 1. The molecule has 11 nitrogen and oxygen atoms in total. The summed E-state index contributed by atoms with van der Waals surface area (Å²) in [6, 6.07) is 11.9. The normalized spacial score (nSPS) is 10.9. The third-order valence-electron chi connectivity index (χ3n) is 4.28. The molecule has 2 aromatic carbocycles. The summed E-state index contributed by atoms with van der Waals surface area (Å²) in [5.74, 6) is -0.445. The zero-order valence-electron chi connectivity index (χ0n) is 17.4. The monoisotopic (exact) mass is 443 g/mol. The van der Waals surface area contributed by atoms with Crippen LogP contribution >= 0.6 is 0 Å². The van der Waals surface area contributed by atoms with E-state index in [1.165, 1.54) is 20.3 Å². The van der Waals surface area contributed by atoms with E-state index in [9.17, 15) is 19.7 Å². The van der Waals surface area contributed by atoms with Gasteiger partial charge in [-0.2, -0.15) is 5.26 Å². The van der Waals surface area contributed by atoms with Gasteiger partial charge in [0.15, 0.2) is 18.1 Å². The molecule has 0 radical (unpaired) electrons. The van der Waals surface area contributed by atoms with E-state index in [2.05, 4.69) is 5.32 Å². The first-order chi connectivity index (χ1) is 15.4. The Morgan fingerprint density at radius 3 is 2.38 bits per heavy atom. The molecule has 0 fully saturated rings. The summed E-state index contributed by atoms with van der Waals surface area (Å²) < 4.78 is 20.1. The van der Waals surface area contributed by atoms with Crippen molar-refractivity contribution < 1.29 is 33.5 Å². The molecule has 0 aliphatic heterocycles. The number of carbonyl (C=O) groups excluding carboxylic acids is 2. The van der Waals surface area contributed by atoms with E-state index < -0.39 is 36.2 Å². The van der Waals surface area contributed by atoms with Gasteiger partial charge in [0.2, 0.25) is 0 Å². The Morgan fingerprint density at radius 1 is 1.12 bits per heavy atom. The predicted octanol–water partition coefficient (Wildman–Crippen LogP) is 2.52. The highest BCUT2D eigenvalue weighted by Crippen LogP contribution is 2.34. The van der Waals surface area contributed by atoms with E-state index in [1.807, 2.05) is 0 Å². The molecule has 0 saturated heterocycles. The summed E-state index contributed by atoms with van der Waals surface area (Å²) in [6.45, 7) is -0.938. The first kappa shape index (κ1) is 23.9. The lowest BCUT2D eigenvalue weighted by molar-refractivity contribution is -0.385. The molecule has 0 spiro atoms. The number of nitro groups is 1. The van der Waals surface area contributed by atoms with Crippen molar-refractivity contribution in [3.63, 3.8) is 0 Å². The lowest BCUT2D eigenvalue weighted by atomic mass is 10.1. The third-order valence-corrected chi connectivity index (χ3v) is 4.28. The number of nitrogens with one attached hydrogen (secondary N) is 1. The first-order valence-electron chi connectivity index (χ1n) is 9.29. The molecule has 0 saturated carbocycles. The van der Waals surface area contributed by atoms with Gasteiger partial charge in [0.05, 0.1) is 30.8 Å². The van der Waals surface area contributed by atoms with Crippen LogP contribution in [0.2, 0.25) is 0 Å². The van der Waals surface area contributed by atoms with Crippen molar-refractivity contribution in [3.05, 3.63) is 63.7 Å². The molecule has 0 bridgehead atoms. The Labute approximate surface area is 183 Å². The summed E-state index contributed by atoms with van der Waals surface area (Å²) in [4.78, 5) is 35.3. The zero-order valence-corrected chi connectivity index (χ0v) is 17.4. The van der Waals surface area contributed by atoms with Gasteiger partial charge in [-0.25, -0.2) is 9.59 Å². The fourth-order valence-electron chi connectivity index (χ4n) is 2.77. The molecule has 0 unspecified atom stereocenters. The number of carbonyl (C=O) groups is 2. The van der Waals surface area contributed by atoms with Crippen LogP contribution in [-0.4, -0.2) is 43.9 Å². The quantitative estimate of drug-likeness (QED) is 0.332. The van der Waals surface area contributed by atoms with Gasteiger partial charge in [-0.05, 0) is 11.6 Å². The maximum atomic E-state index is 12.3. The molecular weight excluding hydrogens is 422 g/mol. The number of nitro benzene ring substituents is 1. The van der Waals surface area contributed by atoms with E-state index in [0.29, 0.717) is 0 Å². The topological polar surface area (TPSA) is 150 Å². The maximum absolute atomic E-state index is 12.3. The van der Waals surface area contributed by atoms with Crippen LogP contribution in [0.5, 0.6) is 11.5 Å². The number of hydrogen-bond acceptors (Lipinski definition) is 9. The molecule has 2 rings (SSSR count).